The lowest BCUT2D eigenvalue weighted by atomic mass is 9.70. The fraction of sp³-hybridized carbons (Fsp3) is 0.750. The van der Waals surface area contributed by atoms with Gasteiger partial charge in [-0.05, 0) is 35.8 Å². The lowest BCUT2D eigenvalue weighted by Gasteiger charge is -2.38. The molecule has 1 unspecified atom stereocenters. The van der Waals surface area contributed by atoms with E-state index in [1.807, 2.05) is 11.3 Å². The minimum Gasteiger partial charge on any atom is -0.323 e. The van der Waals surface area contributed by atoms with Crippen LogP contribution in [0.5, 0.6) is 0 Å². The molecule has 0 amide bonds. The SMILES string of the molecule is CC(C)(C)c1ccc(C(N)C2(C)CCCCC2)s1. The number of hydrogen-bond donors (Lipinski definition) is 1. The Morgan fingerprint density at radius 1 is 1.17 bits per heavy atom. The van der Waals surface area contributed by atoms with Gasteiger partial charge in [-0.25, -0.2) is 0 Å². The molecule has 1 atom stereocenters. The summed E-state index contributed by atoms with van der Waals surface area (Å²) >= 11 is 1.92. The van der Waals surface area contributed by atoms with Crippen LogP contribution in [0, 0.1) is 5.41 Å². The molecule has 1 aliphatic carbocycles. The molecule has 2 rings (SSSR count). The first-order chi connectivity index (χ1) is 8.33. The van der Waals surface area contributed by atoms with Gasteiger partial charge >= 0.3 is 0 Å². The number of thiophene rings is 1. The van der Waals surface area contributed by atoms with E-state index >= 15 is 0 Å². The maximum Gasteiger partial charge on any atom is 0.0444 e. The predicted molar refractivity (Wildman–Crippen MR) is 81.1 cm³/mol. The molecule has 1 aromatic heterocycles. The van der Waals surface area contributed by atoms with Gasteiger partial charge in [0.15, 0.2) is 0 Å². The van der Waals surface area contributed by atoms with Crippen LogP contribution < -0.4 is 5.73 Å². The van der Waals surface area contributed by atoms with Crippen LogP contribution in [0.15, 0.2) is 12.1 Å². The van der Waals surface area contributed by atoms with Gasteiger partial charge < -0.3 is 5.73 Å². The van der Waals surface area contributed by atoms with E-state index in [1.54, 1.807) is 0 Å². The average molecular weight is 265 g/mol. The summed E-state index contributed by atoms with van der Waals surface area (Å²) < 4.78 is 0. The van der Waals surface area contributed by atoms with E-state index in [9.17, 15) is 0 Å². The molecule has 2 N–H and O–H groups in total. The van der Waals surface area contributed by atoms with Crippen molar-refractivity contribution in [2.45, 2.75) is 71.3 Å². The minimum absolute atomic E-state index is 0.221. The summed E-state index contributed by atoms with van der Waals surface area (Å²) in [6.45, 7) is 9.21. The van der Waals surface area contributed by atoms with Crippen LogP contribution in [0.25, 0.3) is 0 Å². The highest BCUT2D eigenvalue weighted by atomic mass is 32.1. The molecule has 0 aliphatic heterocycles. The largest absolute Gasteiger partial charge is 0.323 e. The highest BCUT2D eigenvalue weighted by Crippen LogP contribution is 2.46. The van der Waals surface area contributed by atoms with Crippen molar-refractivity contribution in [2.24, 2.45) is 11.1 Å². The summed E-state index contributed by atoms with van der Waals surface area (Å²) in [5.74, 6) is 0. The molecule has 0 radical (unpaired) electrons. The third-order valence-electron chi connectivity index (χ3n) is 4.42. The van der Waals surface area contributed by atoms with Gasteiger partial charge in [0.1, 0.15) is 0 Å². The van der Waals surface area contributed by atoms with Gasteiger partial charge in [0.2, 0.25) is 0 Å². The van der Waals surface area contributed by atoms with E-state index in [-0.39, 0.29) is 11.5 Å². The Morgan fingerprint density at radius 2 is 1.78 bits per heavy atom. The Bertz CT molecular complexity index is 393. The van der Waals surface area contributed by atoms with E-state index in [1.165, 1.54) is 41.9 Å². The molecule has 1 saturated carbocycles. The van der Waals surface area contributed by atoms with Crippen LogP contribution in [-0.2, 0) is 5.41 Å². The summed E-state index contributed by atoms with van der Waals surface area (Å²) in [5, 5.41) is 0. The normalized spacial score (nSPS) is 21.8. The minimum atomic E-state index is 0.221. The second-order valence-electron chi connectivity index (χ2n) is 7.14. The first-order valence-electron chi connectivity index (χ1n) is 7.19. The molecule has 1 aromatic rings. The van der Waals surface area contributed by atoms with E-state index in [2.05, 4.69) is 39.8 Å². The molecular formula is C16H27NS. The lowest BCUT2D eigenvalue weighted by Crippen LogP contribution is -2.33. The highest BCUT2D eigenvalue weighted by Gasteiger charge is 2.35. The number of nitrogens with two attached hydrogens (primary N) is 1. The van der Waals surface area contributed by atoms with Crippen LogP contribution in [0.3, 0.4) is 0 Å². The van der Waals surface area contributed by atoms with Crippen molar-refractivity contribution in [2.75, 3.05) is 0 Å². The quantitative estimate of drug-likeness (QED) is 0.798. The van der Waals surface area contributed by atoms with Crippen LogP contribution in [0.2, 0.25) is 0 Å². The fourth-order valence-electron chi connectivity index (χ4n) is 2.94. The fourth-order valence-corrected chi connectivity index (χ4v) is 4.18. The van der Waals surface area contributed by atoms with Crippen molar-refractivity contribution in [1.29, 1.82) is 0 Å². The summed E-state index contributed by atoms with van der Waals surface area (Å²) in [4.78, 5) is 2.83. The molecule has 102 valence electrons. The topological polar surface area (TPSA) is 26.0 Å². The first kappa shape index (κ1) is 14.1. The number of rotatable bonds is 2. The molecule has 1 aliphatic rings. The van der Waals surface area contributed by atoms with Crippen LogP contribution >= 0.6 is 11.3 Å². The van der Waals surface area contributed by atoms with E-state index in [0.717, 1.165) is 0 Å². The number of hydrogen-bond acceptors (Lipinski definition) is 2. The molecule has 0 spiro atoms. The van der Waals surface area contributed by atoms with Gasteiger partial charge in [-0.3, -0.25) is 0 Å². The second kappa shape index (κ2) is 4.97. The monoisotopic (exact) mass is 265 g/mol. The molecule has 1 heterocycles. The lowest BCUT2D eigenvalue weighted by molar-refractivity contribution is 0.172. The molecule has 1 nitrogen and oxygen atoms in total. The average Bonchev–Trinajstić information content (AvgIpc) is 2.77. The zero-order valence-electron chi connectivity index (χ0n) is 12.3. The third-order valence-corrected chi connectivity index (χ3v) is 6.01. The van der Waals surface area contributed by atoms with Gasteiger partial charge in [-0.2, -0.15) is 0 Å². The maximum atomic E-state index is 6.57. The Balaban J connectivity index is 2.18. The zero-order chi connectivity index (χ0) is 13.4. The van der Waals surface area contributed by atoms with E-state index < -0.39 is 0 Å². The molecule has 18 heavy (non-hydrogen) atoms. The first-order valence-corrected chi connectivity index (χ1v) is 8.00. The Labute approximate surface area is 116 Å². The second-order valence-corrected chi connectivity index (χ2v) is 8.26. The van der Waals surface area contributed by atoms with Crippen molar-refractivity contribution in [3.63, 3.8) is 0 Å². The van der Waals surface area contributed by atoms with Gasteiger partial charge in [-0.1, -0.05) is 47.0 Å². The summed E-state index contributed by atoms with van der Waals surface area (Å²) in [7, 11) is 0. The summed E-state index contributed by atoms with van der Waals surface area (Å²) in [6, 6.07) is 4.75. The molecule has 0 saturated heterocycles. The predicted octanol–water partition coefficient (Wildman–Crippen LogP) is 5.02. The molecule has 0 aromatic carbocycles. The smallest absolute Gasteiger partial charge is 0.0444 e. The molecular weight excluding hydrogens is 238 g/mol. The third kappa shape index (κ3) is 2.80. The van der Waals surface area contributed by atoms with Crippen LogP contribution in [0.4, 0.5) is 0 Å². The van der Waals surface area contributed by atoms with Crippen LogP contribution in [0.1, 0.15) is 75.6 Å². The van der Waals surface area contributed by atoms with Crippen molar-refractivity contribution in [3.8, 4) is 0 Å². The summed E-state index contributed by atoms with van der Waals surface area (Å²) in [5.41, 5.74) is 7.13. The zero-order valence-corrected chi connectivity index (χ0v) is 13.1. The van der Waals surface area contributed by atoms with Gasteiger partial charge in [0.25, 0.3) is 0 Å². The van der Waals surface area contributed by atoms with Gasteiger partial charge in [0.05, 0.1) is 0 Å². The van der Waals surface area contributed by atoms with E-state index in [0.29, 0.717) is 5.41 Å². The Morgan fingerprint density at radius 3 is 2.28 bits per heavy atom. The highest BCUT2D eigenvalue weighted by molar-refractivity contribution is 7.12. The standard InChI is InChI=1S/C16H27NS/c1-15(2,3)13-9-8-12(18-13)14(17)16(4)10-6-5-7-11-16/h8-9,14H,5-7,10-11,17H2,1-4H3. The summed E-state index contributed by atoms with van der Waals surface area (Å²) in [6.07, 6.45) is 6.66. The molecule has 0 bridgehead atoms. The molecule has 2 heteroatoms. The Hall–Kier alpha value is -0.340. The van der Waals surface area contributed by atoms with E-state index in [4.69, 9.17) is 5.73 Å². The van der Waals surface area contributed by atoms with Crippen molar-refractivity contribution in [3.05, 3.63) is 21.9 Å². The maximum absolute atomic E-state index is 6.57. The van der Waals surface area contributed by atoms with Gasteiger partial charge in [-0.15, -0.1) is 11.3 Å². The molecule has 1 fully saturated rings. The van der Waals surface area contributed by atoms with Crippen molar-refractivity contribution < 1.29 is 0 Å². The van der Waals surface area contributed by atoms with Crippen LogP contribution in [-0.4, -0.2) is 0 Å². The van der Waals surface area contributed by atoms with Crippen molar-refractivity contribution >= 4 is 11.3 Å². The Kier molecular flexibility index (Phi) is 3.89. The van der Waals surface area contributed by atoms with Crippen molar-refractivity contribution in [1.82, 2.24) is 0 Å². The van der Waals surface area contributed by atoms with Gasteiger partial charge in [0, 0.05) is 15.8 Å².